The fourth-order valence-electron chi connectivity index (χ4n) is 2.56. The molecule has 0 unspecified atom stereocenters. The van der Waals surface area contributed by atoms with Crippen molar-refractivity contribution in [1.82, 2.24) is 15.5 Å². The average Bonchev–Trinajstić information content (AvgIpc) is 2.72. The molecular weight excluding hydrogens is 338 g/mol. The van der Waals surface area contributed by atoms with Crippen LogP contribution in [0.2, 0.25) is 0 Å². The lowest BCUT2D eigenvalue weighted by atomic mass is 10.1. The highest BCUT2D eigenvalue weighted by Gasteiger charge is 2.08. The summed E-state index contributed by atoms with van der Waals surface area (Å²) in [5.41, 5.74) is 2.81. The zero-order valence-corrected chi connectivity index (χ0v) is 14.7. The number of hydrogen-bond acceptors (Lipinski definition) is 5. The van der Waals surface area contributed by atoms with Gasteiger partial charge in [-0.1, -0.05) is 36.4 Å². The lowest BCUT2D eigenvalue weighted by Gasteiger charge is -2.07. The lowest BCUT2D eigenvalue weighted by molar-refractivity contribution is 0.0947. The lowest BCUT2D eigenvalue weighted by Crippen LogP contribution is -2.26. The van der Waals surface area contributed by atoms with Crippen LogP contribution in [0.15, 0.2) is 66.7 Å². The second-order valence-electron chi connectivity index (χ2n) is 5.97. The molecule has 0 aliphatic carbocycles. The number of anilines is 2. The van der Waals surface area contributed by atoms with E-state index in [1.54, 1.807) is 30.3 Å². The Morgan fingerprint density at radius 1 is 1.00 bits per heavy atom. The van der Waals surface area contributed by atoms with Crippen LogP contribution in [0.1, 0.15) is 28.0 Å². The van der Waals surface area contributed by atoms with Crippen molar-refractivity contribution in [2.45, 2.75) is 12.8 Å². The zero-order chi connectivity index (χ0) is 18.9. The zero-order valence-electron chi connectivity index (χ0n) is 14.7. The molecule has 3 aromatic rings. The molecule has 0 bridgehead atoms. The fourth-order valence-corrected chi connectivity index (χ4v) is 2.56. The average molecular weight is 357 g/mol. The van der Waals surface area contributed by atoms with Crippen molar-refractivity contribution in [1.29, 1.82) is 5.26 Å². The van der Waals surface area contributed by atoms with E-state index in [9.17, 15) is 4.79 Å². The van der Waals surface area contributed by atoms with Crippen molar-refractivity contribution in [2.75, 3.05) is 11.9 Å². The molecule has 1 heterocycles. The van der Waals surface area contributed by atoms with Crippen LogP contribution in [0.4, 0.5) is 11.5 Å². The molecule has 0 atom stereocenters. The molecule has 3 rings (SSSR count). The molecule has 0 radical (unpaired) electrons. The van der Waals surface area contributed by atoms with Gasteiger partial charge in [0.15, 0.2) is 11.5 Å². The van der Waals surface area contributed by atoms with Gasteiger partial charge < -0.3 is 10.6 Å². The Balaban J connectivity index is 1.49. The molecule has 134 valence electrons. The number of aromatic nitrogens is 2. The van der Waals surface area contributed by atoms with Crippen molar-refractivity contribution in [3.05, 3.63) is 83.6 Å². The number of carbonyl (C=O) groups excluding carboxylic acids is 1. The maximum atomic E-state index is 12.1. The maximum Gasteiger partial charge on any atom is 0.271 e. The van der Waals surface area contributed by atoms with Gasteiger partial charge in [0.2, 0.25) is 0 Å². The molecule has 1 aromatic heterocycles. The van der Waals surface area contributed by atoms with E-state index in [0.29, 0.717) is 17.9 Å². The Morgan fingerprint density at radius 3 is 2.59 bits per heavy atom. The molecule has 6 nitrogen and oxygen atoms in total. The molecule has 27 heavy (non-hydrogen) atoms. The first-order valence-corrected chi connectivity index (χ1v) is 8.67. The molecule has 0 aliphatic heterocycles. The second kappa shape index (κ2) is 9.11. The van der Waals surface area contributed by atoms with E-state index in [-0.39, 0.29) is 11.6 Å². The molecule has 0 fully saturated rings. The summed E-state index contributed by atoms with van der Waals surface area (Å²) in [5.74, 6) is 0.263. The second-order valence-corrected chi connectivity index (χ2v) is 5.97. The third-order valence-corrected chi connectivity index (χ3v) is 3.93. The van der Waals surface area contributed by atoms with Crippen LogP contribution in [-0.4, -0.2) is 22.6 Å². The van der Waals surface area contributed by atoms with Crippen LogP contribution in [0.3, 0.4) is 0 Å². The van der Waals surface area contributed by atoms with Crippen LogP contribution in [0.25, 0.3) is 0 Å². The highest BCUT2D eigenvalue weighted by molar-refractivity contribution is 5.92. The van der Waals surface area contributed by atoms with E-state index in [1.807, 2.05) is 24.3 Å². The normalized spacial score (nSPS) is 10.0. The van der Waals surface area contributed by atoms with Crippen LogP contribution >= 0.6 is 0 Å². The Bertz CT molecular complexity index is 933. The van der Waals surface area contributed by atoms with Crippen LogP contribution < -0.4 is 10.6 Å². The Hall–Kier alpha value is -3.72. The number of amides is 1. The topological polar surface area (TPSA) is 90.7 Å². The predicted octanol–water partition coefficient (Wildman–Crippen LogP) is 3.45. The molecular formula is C21H19N5O. The first kappa shape index (κ1) is 18.1. The van der Waals surface area contributed by atoms with E-state index < -0.39 is 0 Å². The molecule has 0 spiro atoms. The smallest absolute Gasteiger partial charge is 0.271 e. The highest BCUT2D eigenvalue weighted by atomic mass is 16.1. The Labute approximate surface area is 157 Å². The van der Waals surface area contributed by atoms with Gasteiger partial charge in [-0.2, -0.15) is 5.26 Å². The minimum Gasteiger partial charge on any atom is -0.351 e. The number of rotatable bonds is 7. The molecule has 0 saturated heterocycles. The standard InChI is InChI=1S/C21H19N5O/c22-15-17-8-4-10-18(14-17)24-20-12-11-19(25-26-20)21(27)23-13-5-9-16-6-2-1-3-7-16/h1-4,6-8,10-12,14H,5,9,13H2,(H,23,27)(H,24,26). The van der Waals surface area contributed by atoms with Crippen molar-refractivity contribution in [2.24, 2.45) is 0 Å². The van der Waals surface area contributed by atoms with Gasteiger partial charge in [0, 0.05) is 12.2 Å². The van der Waals surface area contributed by atoms with Crippen LogP contribution in [0.5, 0.6) is 0 Å². The molecule has 2 aromatic carbocycles. The van der Waals surface area contributed by atoms with Crippen molar-refractivity contribution in [3.63, 3.8) is 0 Å². The van der Waals surface area contributed by atoms with Crippen LogP contribution in [-0.2, 0) is 6.42 Å². The van der Waals surface area contributed by atoms with E-state index in [1.165, 1.54) is 5.56 Å². The third-order valence-electron chi connectivity index (χ3n) is 3.93. The highest BCUT2D eigenvalue weighted by Crippen LogP contribution is 2.15. The van der Waals surface area contributed by atoms with Gasteiger partial charge in [-0.25, -0.2) is 0 Å². The van der Waals surface area contributed by atoms with Gasteiger partial charge in [-0.15, -0.1) is 10.2 Å². The minimum absolute atomic E-state index is 0.242. The summed E-state index contributed by atoms with van der Waals surface area (Å²) in [5, 5.41) is 22.8. The van der Waals surface area contributed by atoms with Gasteiger partial charge in [0.1, 0.15) is 0 Å². The number of benzene rings is 2. The Morgan fingerprint density at radius 2 is 1.85 bits per heavy atom. The quantitative estimate of drug-likeness (QED) is 0.632. The minimum atomic E-state index is -0.242. The van der Waals surface area contributed by atoms with Gasteiger partial charge in [-0.05, 0) is 48.7 Å². The molecule has 6 heteroatoms. The Kier molecular flexibility index (Phi) is 6.10. The van der Waals surface area contributed by atoms with E-state index in [0.717, 1.165) is 18.5 Å². The van der Waals surface area contributed by atoms with E-state index in [2.05, 4.69) is 39.0 Å². The monoisotopic (exact) mass is 357 g/mol. The first-order chi connectivity index (χ1) is 13.2. The number of nitriles is 1. The summed E-state index contributed by atoms with van der Waals surface area (Å²) in [7, 11) is 0. The number of nitrogens with one attached hydrogen (secondary N) is 2. The van der Waals surface area contributed by atoms with Crippen molar-refractivity contribution >= 4 is 17.4 Å². The van der Waals surface area contributed by atoms with Gasteiger partial charge in [-0.3, -0.25) is 4.79 Å². The van der Waals surface area contributed by atoms with Crippen LogP contribution in [0, 0.1) is 11.3 Å². The number of carbonyl (C=O) groups is 1. The number of nitrogens with zero attached hydrogens (tertiary/aromatic N) is 3. The SMILES string of the molecule is N#Cc1cccc(Nc2ccc(C(=O)NCCCc3ccccc3)nn2)c1. The maximum absolute atomic E-state index is 12.1. The first-order valence-electron chi connectivity index (χ1n) is 8.67. The summed E-state index contributed by atoms with van der Waals surface area (Å²) >= 11 is 0. The predicted molar refractivity (Wildman–Crippen MR) is 104 cm³/mol. The summed E-state index contributed by atoms with van der Waals surface area (Å²) in [6, 6.07) is 22.6. The van der Waals surface area contributed by atoms with Gasteiger partial charge in [0.25, 0.3) is 5.91 Å². The third kappa shape index (κ3) is 5.38. The molecule has 0 saturated carbocycles. The van der Waals surface area contributed by atoms with Crippen molar-refractivity contribution < 1.29 is 4.79 Å². The van der Waals surface area contributed by atoms with Gasteiger partial charge >= 0.3 is 0 Å². The molecule has 0 aliphatic rings. The van der Waals surface area contributed by atoms with Crippen molar-refractivity contribution in [3.8, 4) is 6.07 Å². The number of hydrogen-bond donors (Lipinski definition) is 2. The van der Waals surface area contributed by atoms with E-state index >= 15 is 0 Å². The summed E-state index contributed by atoms with van der Waals surface area (Å²) in [6.45, 7) is 0.580. The fraction of sp³-hybridized carbons (Fsp3) is 0.143. The molecule has 2 N–H and O–H groups in total. The molecule has 1 amide bonds. The van der Waals surface area contributed by atoms with Gasteiger partial charge in [0.05, 0.1) is 11.6 Å². The largest absolute Gasteiger partial charge is 0.351 e. The van der Waals surface area contributed by atoms with E-state index in [4.69, 9.17) is 5.26 Å². The summed E-state index contributed by atoms with van der Waals surface area (Å²) in [6.07, 6.45) is 1.77. The summed E-state index contributed by atoms with van der Waals surface area (Å²) < 4.78 is 0. The summed E-state index contributed by atoms with van der Waals surface area (Å²) in [4.78, 5) is 12.1. The number of aryl methyl sites for hydroxylation is 1.